The van der Waals surface area contributed by atoms with Gasteiger partial charge in [0.1, 0.15) is 6.17 Å². The number of alkyl halides is 2. The maximum absolute atomic E-state index is 12.1. The van der Waals surface area contributed by atoms with E-state index in [2.05, 4.69) is 6.92 Å². The second-order valence-electron chi connectivity index (χ2n) is 1.44. The molecular formula is C5H9ClF. The van der Waals surface area contributed by atoms with Gasteiger partial charge in [0, 0.05) is 0 Å². The first kappa shape index (κ1) is 7.22. The molecule has 2 heteroatoms. The van der Waals surface area contributed by atoms with Crippen LogP contribution < -0.4 is 0 Å². The summed E-state index contributed by atoms with van der Waals surface area (Å²) in [6.07, 6.45) is -0.487. The normalized spacial score (nSPS) is 18.9. The minimum absolute atomic E-state index is 0.456. The summed E-state index contributed by atoms with van der Waals surface area (Å²) in [7, 11) is 0. The average Bonchev–Trinajstić information content (AvgIpc) is 1.65. The topological polar surface area (TPSA) is 0 Å². The van der Waals surface area contributed by atoms with Crippen LogP contribution in [0.15, 0.2) is 0 Å². The van der Waals surface area contributed by atoms with E-state index in [-0.39, 0.29) is 0 Å². The van der Waals surface area contributed by atoms with Gasteiger partial charge in [0.15, 0.2) is 0 Å². The van der Waals surface area contributed by atoms with Crippen molar-refractivity contribution in [2.75, 3.05) is 0 Å². The van der Waals surface area contributed by atoms with E-state index < -0.39 is 11.5 Å². The van der Waals surface area contributed by atoms with E-state index in [1.807, 2.05) is 0 Å². The second kappa shape index (κ2) is 3.25. The molecule has 0 bridgehead atoms. The molecule has 0 aliphatic rings. The fourth-order valence-electron chi connectivity index (χ4n) is 0.256. The Labute approximate surface area is 48.7 Å². The van der Waals surface area contributed by atoms with Gasteiger partial charge in [0.25, 0.3) is 0 Å². The maximum atomic E-state index is 12.1. The van der Waals surface area contributed by atoms with Crippen molar-refractivity contribution in [2.45, 2.75) is 24.9 Å². The van der Waals surface area contributed by atoms with Crippen LogP contribution in [0.2, 0.25) is 0 Å². The Morgan fingerprint density at radius 1 is 1.86 bits per heavy atom. The van der Waals surface area contributed by atoms with Gasteiger partial charge in [-0.1, -0.05) is 6.92 Å². The standard InChI is InChI=1S/C5H9ClF/c1-3-5(7)4(2)6/h4-5H,2-3H2,1H3. The molecule has 0 aromatic rings. The molecule has 43 valence electrons. The third-order valence-corrected chi connectivity index (χ3v) is 1.06. The summed E-state index contributed by atoms with van der Waals surface area (Å²) >= 11 is 5.24. The van der Waals surface area contributed by atoms with Crippen LogP contribution in [0.3, 0.4) is 0 Å². The predicted octanol–water partition coefficient (Wildman–Crippen LogP) is 2.18. The SMILES string of the molecule is [CH2]C(Cl)C(F)CC. The molecule has 2 unspecified atom stereocenters. The molecule has 2 atom stereocenters. The number of halogens is 2. The van der Waals surface area contributed by atoms with Gasteiger partial charge >= 0.3 is 0 Å². The van der Waals surface area contributed by atoms with Gasteiger partial charge in [-0.25, -0.2) is 4.39 Å². The average molecular weight is 124 g/mol. The molecule has 0 saturated heterocycles. The van der Waals surface area contributed by atoms with Crippen LogP contribution in [0.5, 0.6) is 0 Å². The molecule has 0 saturated carbocycles. The highest BCUT2D eigenvalue weighted by atomic mass is 35.5. The lowest BCUT2D eigenvalue weighted by Crippen LogP contribution is -2.09. The van der Waals surface area contributed by atoms with Gasteiger partial charge in [-0.2, -0.15) is 0 Å². The Morgan fingerprint density at radius 3 is 2.29 bits per heavy atom. The molecule has 0 N–H and O–H groups in total. The van der Waals surface area contributed by atoms with E-state index in [0.717, 1.165) is 0 Å². The minimum atomic E-state index is -0.943. The highest BCUT2D eigenvalue weighted by Crippen LogP contribution is 2.07. The van der Waals surface area contributed by atoms with Crippen LogP contribution in [-0.4, -0.2) is 11.5 Å². The third kappa shape index (κ3) is 2.86. The van der Waals surface area contributed by atoms with Gasteiger partial charge < -0.3 is 0 Å². The largest absolute Gasteiger partial charge is 0.246 e. The molecule has 0 amide bonds. The van der Waals surface area contributed by atoms with Crippen molar-refractivity contribution in [3.8, 4) is 0 Å². The lowest BCUT2D eigenvalue weighted by Gasteiger charge is -2.03. The summed E-state index contributed by atoms with van der Waals surface area (Å²) in [5.41, 5.74) is 0. The molecule has 0 fully saturated rings. The lowest BCUT2D eigenvalue weighted by molar-refractivity contribution is 0.331. The van der Waals surface area contributed by atoms with Crippen LogP contribution in [0.1, 0.15) is 13.3 Å². The van der Waals surface area contributed by atoms with E-state index in [4.69, 9.17) is 11.6 Å². The Kier molecular flexibility index (Phi) is 3.35. The zero-order chi connectivity index (χ0) is 5.86. The van der Waals surface area contributed by atoms with Crippen LogP contribution in [0, 0.1) is 6.92 Å². The van der Waals surface area contributed by atoms with E-state index in [0.29, 0.717) is 6.42 Å². The highest BCUT2D eigenvalue weighted by Gasteiger charge is 2.08. The van der Waals surface area contributed by atoms with E-state index >= 15 is 0 Å². The monoisotopic (exact) mass is 123 g/mol. The van der Waals surface area contributed by atoms with Gasteiger partial charge in [-0.15, -0.1) is 11.6 Å². The van der Waals surface area contributed by atoms with Crippen LogP contribution >= 0.6 is 11.6 Å². The Bertz CT molecular complexity index is 45.3. The quantitative estimate of drug-likeness (QED) is 0.494. The highest BCUT2D eigenvalue weighted by molar-refractivity contribution is 6.21. The molecule has 0 aromatic heterocycles. The van der Waals surface area contributed by atoms with Crippen molar-refractivity contribution in [3.05, 3.63) is 6.92 Å². The van der Waals surface area contributed by atoms with E-state index in [1.165, 1.54) is 0 Å². The van der Waals surface area contributed by atoms with Crippen molar-refractivity contribution < 1.29 is 4.39 Å². The number of rotatable bonds is 2. The lowest BCUT2D eigenvalue weighted by atomic mass is 10.2. The Morgan fingerprint density at radius 2 is 2.29 bits per heavy atom. The van der Waals surface area contributed by atoms with Crippen molar-refractivity contribution in [3.63, 3.8) is 0 Å². The summed E-state index contributed by atoms with van der Waals surface area (Å²) in [4.78, 5) is 0. The Hall–Kier alpha value is 0.220. The molecule has 1 radical (unpaired) electrons. The predicted molar refractivity (Wildman–Crippen MR) is 30.2 cm³/mol. The van der Waals surface area contributed by atoms with Gasteiger partial charge in [0.2, 0.25) is 0 Å². The van der Waals surface area contributed by atoms with Crippen LogP contribution in [0.25, 0.3) is 0 Å². The fourth-order valence-corrected chi connectivity index (χ4v) is 0.434. The third-order valence-electron chi connectivity index (χ3n) is 0.782. The van der Waals surface area contributed by atoms with E-state index in [1.54, 1.807) is 6.92 Å². The molecule has 0 aromatic carbocycles. The van der Waals surface area contributed by atoms with Crippen LogP contribution in [-0.2, 0) is 0 Å². The molecule has 0 aliphatic heterocycles. The van der Waals surface area contributed by atoms with E-state index in [9.17, 15) is 4.39 Å². The van der Waals surface area contributed by atoms with Gasteiger partial charge in [-0.3, -0.25) is 0 Å². The summed E-state index contributed by atoms with van der Waals surface area (Å²) in [5.74, 6) is 0. The number of hydrogen-bond acceptors (Lipinski definition) is 0. The molecule has 0 rings (SSSR count). The van der Waals surface area contributed by atoms with Gasteiger partial charge in [0.05, 0.1) is 5.38 Å². The van der Waals surface area contributed by atoms with Gasteiger partial charge in [-0.05, 0) is 13.3 Å². The van der Waals surface area contributed by atoms with Crippen molar-refractivity contribution >= 4 is 11.6 Å². The zero-order valence-corrected chi connectivity index (χ0v) is 5.08. The zero-order valence-electron chi connectivity index (χ0n) is 4.32. The van der Waals surface area contributed by atoms with Crippen LogP contribution in [0.4, 0.5) is 4.39 Å². The minimum Gasteiger partial charge on any atom is -0.246 e. The first-order valence-corrected chi connectivity index (χ1v) is 2.73. The second-order valence-corrected chi connectivity index (χ2v) is 2.00. The molecule has 0 spiro atoms. The summed E-state index contributed by atoms with van der Waals surface area (Å²) in [6.45, 7) is 5.04. The number of hydrogen-bond donors (Lipinski definition) is 0. The van der Waals surface area contributed by atoms with Crippen molar-refractivity contribution in [2.24, 2.45) is 0 Å². The molecule has 0 aliphatic carbocycles. The maximum Gasteiger partial charge on any atom is 0.116 e. The first-order chi connectivity index (χ1) is 3.18. The molecule has 0 nitrogen and oxygen atoms in total. The summed E-state index contributed by atoms with van der Waals surface area (Å²) in [6, 6.07) is 0. The molecular weight excluding hydrogens is 115 g/mol. The summed E-state index contributed by atoms with van der Waals surface area (Å²) in [5, 5.41) is -0.579. The fraction of sp³-hybridized carbons (Fsp3) is 0.800. The van der Waals surface area contributed by atoms with Crippen molar-refractivity contribution in [1.29, 1.82) is 0 Å². The smallest absolute Gasteiger partial charge is 0.116 e. The first-order valence-electron chi connectivity index (χ1n) is 2.29. The molecule has 7 heavy (non-hydrogen) atoms. The van der Waals surface area contributed by atoms with Crippen molar-refractivity contribution in [1.82, 2.24) is 0 Å². The Balaban J connectivity index is 3.14. The summed E-state index contributed by atoms with van der Waals surface area (Å²) < 4.78 is 12.1. The molecule has 0 heterocycles.